The molecular formula is C33H27N. The van der Waals surface area contributed by atoms with Crippen LogP contribution in [0.2, 0.25) is 0 Å². The average Bonchev–Trinajstić information content (AvgIpc) is 3.19. The molecule has 0 heterocycles. The Morgan fingerprint density at radius 2 is 1.00 bits per heavy atom. The first kappa shape index (κ1) is 20.5. The van der Waals surface area contributed by atoms with E-state index >= 15 is 0 Å². The molecule has 164 valence electrons. The molecule has 0 spiro atoms. The summed E-state index contributed by atoms with van der Waals surface area (Å²) >= 11 is 0. The number of hydrogen-bond donors (Lipinski definition) is 0. The van der Waals surface area contributed by atoms with Gasteiger partial charge in [-0.15, -0.1) is 0 Å². The highest BCUT2D eigenvalue weighted by Crippen LogP contribution is 2.56. The van der Waals surface area contributed by atoms with E-state index in [9.17, 15) is 0 Å². The summed E-state index contributed by atoms with van der Waals surface area (Å²) in [5, 5.41) is 0. The van der Waals surface area contributed by atoms with Gasteiger partial charge in [0.15, 0.2) is 0 Å². The molecule has 1 aliphatic carbocycles. The molecule has 0 aromatic heterocycles. The van der Waals surface area contributed by atoms with Crippen LogP contribution in [0.4, 0.5) is 11.4 Å². The Kier molecular flexibility index (Phi) is 4.85. The minimum absolute atomic E-state index is 0.343. The number of fused-ring (bicyclic) bond motifs is 3. The minimum atomic E-state index is -0.343. The number of rotatable bonds is 4. The van der Waals surface area contributed by atoms with Crippen molar-refractivity contribution in [1.82, 2.24) is 0 Å². The topological polar surface area (TPSA) is 3.24 Å². The predicted octanol–water partition coefficient (Wildman–Crippen LogP) is 8.13. The fourth-order valence-corrected chi connectivity index (χ4v) is 5.61. The van der Waals surface area contributed by atoms with Gasteiger partial charge in [-0.05, 0) is 64.6 Å². The maximum atomic E-state index is 2.37. The fraction of sp³-hybridized carbons (Fsp3) is 0.0909. The molecule has 0 radical (unpaired) electrons. The van der Waals surface area contributed by atoms with E-state index in [0.29, 0.717) is 0 Å². The molecule has 1 aliphatic rings. The Labute approximate surface area is 202 Å². The first-order chi connectivity index (χ1) is 16.7. The third-order valence-electron chi connectivity index (χ3n) is 7.22. The van der Waals surface area contributed by atoms with Gasteiger partial charge in [-0.25, -0.2) is 0 Å². The van der Waals surface area contributed by atoms with E-state index < -0.39 is 0 Å². The lowest BCUT2D eigenvalue weighted by molar-refractivity contribution is 0.768. The number of benzene rings is 5. The summed E-state index contributed by atoms with van der Waals surface area (Å²) < 4.78 is 0. The van der Waals surface area contributed by atoms with E-state index in [1.165, 1.54) is 50.3 Å². The van der Waals surface area contributed by atoms with Crippen LogP contribution in [0.3, 0.4) is 0 Å². The molecule has 1 nitrogen and oxygen atoms in total. The molecule has 6 rings (SSSR count). The van der Waals surface area contributed by atoms with Gasteiger partial charge in [-0.3, -0.25) is 0 Å². The van der Waals surface area contributed by atoms with E-state index in [-0.39, 0.29) is 5.41 Å². The molecule has 0 unspecified atom stereocenters. The summed E-state index contributed by atoms with van der Waals surface area (Å²) in [6, 6.07) is 46.4. The zero-order valence-electron chi connectivity index (χ0n) is 19.6. The van der Waals surface area contributed by atoms with E-state index in [0.717, 1.165) is 0 Å². The minimum Gasteiger partial charge on any atom is -0.345 e. The molecular weight excluding hydrogens is 410 g/mol. The molecule has 0 aliphatic heterocycles. The van der Waals surface area contributed by atoms with E-state index in [4.69, 9.17) is 0 Å². The molecule has 0 N–H and O–H groups in total. The van der Waals surface area contributed by atoms with Crippen molar-refractivity contribution in [3.63, 3.8) is 0 Å². The maximum Gasteiger partial charge on any atom is 0.0713 e. The molecule has 0 amide bonds. The van der Waals surface area contributed by atoms with Crippen LogP contribution in [-0.2, 0) is 5.41 Å². The van der Waals surface area contributed by atoms with Crippen molar-refractivity contribution in [3.05, 3.63) is 155 Å². The number of nitrogens with zero attached hydrogens (tertiary/aromatic N) is 1. The molecule has 34 heavy (non-hydrogen) atoms. The SMILES string of the molecule is Cc1ccc2c(c1)-c1cc(N(C)c3ccccc3)ccc1C2(c1ccccc1)c1ccccc1. The molecule has 0 saturated heterocycles. The van der Waals surface area contributed by atoms with Crippen LogP contribution in [-0.4, -0.2) is 7.05 Å². The zero-order chi connectivity index (χ0) is 23.1. The molecule has 0 fully saturated rings. The van der Waals surface area contributed by atoms with Crippen LogP contribution in [0, 0.1) is 6.92 Å². The lowest BCUT2D eigenvalue weighted by Crippen LogP contribution is -2.28. The monoisotopic (exact) mass is 437 g/mol. The fourth-order valence-electron chi connectivity index (χ4n) is 5.61. The van der Waals surface area contributed by atoms with Crippen molar-refractivity contribution >= 4 is 11.4 Å². The van der Waals surface area contributed by atoms with Gasteiger partial charge in [0.05, 0.1) is 5.41 Å². The van der Waals surface area contributed by atoms with Crippen molar-refractivity contribution in [2.24, 2.45) is 0 Å². The van der Waals surface area contributed by atoms with Crippen molar-refractivity contribution < 1.29 is 0 Å². The van der Waals surface area contributed by atoms with Gasteiger partial charge in [0.2, 0.25) is 0 Å². The van der Waals surface area contributed by atoms with Crippen molar-refractivity contribution in [2.75, 3.05) is 11.9 Å². The molecule has 5 aromatic rings. The van der Waals surface area contributed by atoms with Gasteiger partial charge in [0.25, 0.3) is 0 Å². The molecule has 1 heteroatoms. The summed E-state index contributed by atoms with van der Waals surface area (Å²) in [7, 11) is 2.14. The third kappa shape index (κ3) is 3.01. The van der Waals surface area contributed by atoms with Gasteiger partial charge >= 0.3 is 0 Å². The van der Waals surface area contributed by atoms with Crippen LogP contribution >= 0.6 is 0 Å². The van der Waals surface area contributed by atoms with Gasteiger partial charge in [0, 0.05) is 18.4 Å². The standard InChI is InChI=1S/C33H27N/c1-24-18-20-31-29(22-24)30-23-28(34(2)27-16-10-5-11-17-27)19-21-32(30)33(31,25-12-6-3-7-13-25)26-14-8-4-9-15-26/h3-23H,1-2H3. The first-order valence-corrected chi connectivity index (χ1v) is 11.9. The smallest absolute Gasteiger partial charge is 0.0713 e. The quantitative estimate of drug-likeness (QED) is 0.269. The second kappa shape index (κ2) is 8.04. The van der Waals surface area contributed by atoms with Crippen LogP contribution < -0.4 is 4.90 Å². The van der Waals surface area contributed by atoms with Crippen molar-refractivity contribution in [1.29, 1.82) is 0 Å². The van der Waals surface area contributed by atoms with Gasteiger partial charge in [-0.1, -0.05) is 109 Å². The Bertz CT molecular complexity index is 1410. The summed E-state index contributed by atoms with van der Waals surface area (Å²) in [5.74, 6) is 0. The summed E-state index contributed by atoms with van der Waals surface area (Å²) in [4.78, 5) is 2.26. The molecule has 5 aromatic carbocycles. The van der Waals surface area contributed by atoms with Crippen molar-refractivity contribution in [2.45, 2.75) is 12.3 Å². The highest BCUT2D eigenvalue weighted by Gasteiger charge is 2.46. The summed E-state index contributed by atoms with van der Waals surface area (Å²) in [6.45, 7) is 2.19. The Hall–Kier alpha value is -4.10. The van der Waals surface area contributed by atoms with Crippen LogP contribution in [0.1, 0.15) is 27.8 Å². The van der Waals surface area contributed by atoms with E-state index in [2.05, 4.69) is 146 Å². The number of aryl methyl sites for hydroxylation is 1. The molecule has 0 saturated carbocycles. The summed E-state index contributed by atoms with van der Waals surface area (Å²) in [6.07, 6.45) is 0. The number of anilines is 2. The number of para-hydroxylation sites is 1. The summed E-state index contributed by atoms with van der Waals surface area (Å²) in [5.41, 5.74) is 11.2. The lowest BCUT2D eigenvalue weighted by Gasteiger charge is -2.34. The second-order valence-electron chi connectivity index (χ2n) is 9.16. The molecule has 0 bridgehead atoms. The van der Waals surface area contributed by atoms with E-state index in [1.54, 1.807) is 0 Å². The van der Waals surface area contributed by atoms with E-state index in [1.807, 2.05) is 0 Å². The van der Waals surface area contributed by atoms with Crippen LogP contribution in [0.25, 0.3) is 11.1 Å². The second-order valence-corrected chi connectivity index (χ2v) is 9.16. The maximum absolute atomic E-state index is 2.37. The van der Waals surface area contributed by atoms with Gasteiger partial charge in [0.1, 0.15) is 0 Å². The van der Waals surface area contributed by atoms with Crippen LogP contribution in [0.15, 0.2) is 127 Å². The molecule has 0 atom stereocenters. The Balaban J connectivity index is 1.66. The highest BCUT2D eigenvalue weighted by atomic mass is 15.1. The lowest BCUT2D eigenvalue weighted by atomic mass is 9.67. The largest absolute Gasteiger partial charge is 0.345 e. The van der Waals surface area contributed by atoms with Gasteiger partial charge < -0.3 is 4.90 Å². The van der Waals surface area contributed by atoms with Crippen molar-refractivity contribution in [3.8, 4) is 11.1 Å². The average molecular weight is 438 g/mol. The highest BCUT2D eigenvalue weighted by molar-refractivity contribution is 5.88. The number of hydrogen-bond acceptors (Lipinski definition) is 1. The van der Waals surface area contributed by atoms with Crippen LogP contribution in [0.5, 0.6) is 0 Å². The zero-order valence-corrected chi connectivity index (χ0v) is 19.6. The third-order valence-corrected chi connectivity index (χ3v) is 7.22. The first-order valence-electron chi connectivity index (χ1n) is 11.9. The Morgan fingerprint density at radius 1 is 0.500 bits per heavy atom. The predicted molar refractivity (Wildman–Crippen MR) is 143 cm³/mol. The normalized spacial score (nSPS) is 13.2. The van der Waals surface area contributed by atoms with Gasteiger partial charge in [-0.2, -0.15) is 0 Å². The Morgan fingerprint density at radius 3 is 1.59 bits per heavy atom.